The van der Waals surface area contributed by atoms with Crippen molar-refractivity contribution in [2.75, 3.05) is 24.5 Å². The summed E-state index contributed by atoms with van der Waals surface area (Å²) in [4.78, 5) is 39.9. The first-order valence-corrected chi connectivity index (χ1v) is 51.3. The molecule has 678 valence electrons. The average molecular weight is 1790 g/mol. The maximum Gasteiger partial charge on any atom is 0.226 e. The van der Waals surface area contributed by atoms with Crippen LogP contribution >= 0.6 is 22.7 Å². The zero-order chi connectivity index (χ0) is 91.4. The van der Waals surface area contributed by atoms with Gasteiger partial charge in [0.2, 0.25) is 17.1 Å². The Bertz CT molecular complexity index is 6920. The van der Waals surface area contributed by atoms with E-state index in [2.05, 4.69) is 336 Å². The summed E-state index contributed by atoms with van der Waals surface area (Å²) in [5, 5.41) is 3.58. The Labute approximate surface area is 788 Å². The minimum atomic E-state index is -0.182. The van der Waals surface area contributed by atoms with Crippen molar-refractivity contribution in [1.82, 2.24) is 24.9 Å². The molecule has 0 radical (unpaired) electrons. The number of furan rings is 3. The number of hydrogen-bond donors (Lipinski definition) is 0. The lowest BCUT2D eigenvalue weighted by Gasteiger charge is -2.64. The lowest BCUT2D eigenvalue weighted by atomic mass is 9.47. The van der Waals surface area contributed by atoms with Gasteiger partial charge in [0.05, 0.1) is 78.3 Å². The average Bonchev–Trinajstić information content (AvgIpc) is 1.48. The molecule has 17 heterocycles. The molecule has 6 aliphatic carbocycles. The summed E-state index contributed by atoms with van der Waals surface area (Å²) in [5.74, 6) is 6.66. The molecule has 10 aromatic heterocycles. The van der Waals surface area contributed by atoms with E-state index in [-0.39, 0.29) is 67.5 Å². The van der Waals surface area contributed by atoms with E-state index in [0.29, 0.717) is 12.1 Å². The highest BCUT2D eigenvalue weighted by molar-refractivity contribution is 7.19. The molecule has 0 saturated heterocycles. The molecular formula is C117H130N10O3S2. The Kier molecular flexibility index (Phi) is 19.6. The van der Waals surface area contributed by atoms with Gasteiger partial charge in [0.25, 0.3) is 0 Å². The number of fused-ring (bicyclic) bond motifs is 25. The molecular weight excluding hydrogens is 1660 g/mol. The molecule has 132 heavy (non-hydrogen) atoms. The number of thiophene rings is 2. The van der Waals surface area contributed by atoms with Crippen molar-refractivity contribution in [3.63, 3.8) is 0 Å². The smallest absolute Gasteiger partial charge is 0.226 e. The lowest BCUT2D eigenvalue weighted by Crippen LogP contribution is -2.62. The van der Waals surface area contributed by atoms with E-state index in [1.54, 1.807) is 10.4 Å². The minimum absolute atomic E-state index is 0.00668. The first-order valence-electron chi connectivity index (χ1n) is 49.6. The van der Waals surface area contributed by atoms with Crippen LogP contribution in [0.25, 0.3) is 53.7 Å². The van der Waals surface area contributed by atoms with Crippen molar-refractivity contribution >= 4 is 105 Å². The number of para-hydroxylation sites is 5. The summed E-state index contributed by atoms with van der Waals surface area (Å²) in [6.07, 6.45) is 28.1. The van der Waals surface area contributed by atoms with Crippen molar-refractivity contribution in [1.29, 1.82) is 0 Å². The summed E-state index contributed by atoms with van der Waals surface area (Å²) in [7, 11) is 0. The van der Waals surface area contributed by atoms with Gasteiger partial charge in [0, 0.05) is 124 Å². The molecule has 0 N–H and O–H groups in total. The van der Waals surface area contributed by atoms with Crippen molar-refractivity contribution in [2.45, 2.75) is 297 Å². The van der Waals surface area contributed by atoms with Crippen molar-refractivity contribution in [3.8, 4) is 0 Å². The van der Waals surface area contributed by atoms with Crippen LogP contribution < -0.4 is 24.5 Å². The maximum absolute atomic E-state index is 6.49. The van der Waals surface area contributed by atoms with Crippen LogP contribution in [-0.4, -0.2) is 24.9 Å². The third-order valence-electron chi connectivity index (χ3n) is 37.3. The number of nitrogens with zero attached hydrogens (tertiary/aromatic N) is 10. The number of aryl methyl sites for hydroxylation is 5. The van der Waals surface area contributed by atoms with Crippen LogP contribution in [-0.2, 0) is 38.5 Å². The largest absolute Gasteiger partial charge is 0.440 e. The second-order valence-electron chi connectivity index (χ2n) is 44.1. The second-order valence-corrected chi connectivity index (χ2v) is 46.3. The molecule has 5 aromatic carbocycles. The normalized spacial score (nSPS) is 27.4. The third-order valence-corrected chi connectivity index (χ3v) is 40.0. The second kappa shape index (κ2) is 30.2. The third kappa shape index (κ3) is 11.3. The monoisotopic (exact) mass is 1790 g/mol. The van der Waals surface area contributed by atoms with Crippen molar-refractivity contribution in [3.05, 3.63) is 295 Å². The van der Waals surface area contributed by atoms with Gasteiger partial charge < -0.3 is 37.8 Å². The molecule has 13 aliphatic rings. The predicted octanol–water partition coefficient (Wildman–Crippen LogP) is 31.2. The topological polar surface area (TPSA) is 120 Å². The van der Waals surface area contributed by atoms with Crippen LogP contribution in [0.3, 0.4) is 0 Å². The standard InChI is InChI=1S/C26H28N2O.2C24H28N2O.C22H24N2S.C21H22N2S/c1-15-6-3-4-8-22(15)28-16(2)24-23(21-7-5-9-27-25(21)29-24)26(28)19-11-17-10-18(13-19)14-20(26)12-17;2*1-14-10-8-12-17-19(14)26-15(2)20-18(16-11-9-13-25-21(16)27-20)24(26,7)23(5,6)22(17,3)4;1-15-9-4-5-10-17(15)24-16(2)21-19(22(24)12-6-3-7-13-22)20-18(25-21)11-8-14-23-20;1-14-8-3-4-9-16(14)23-15(2)20-18(21(23)11-5-6-12-21)19-17(24-20)10-7-13-22-19/h3-9,16-20H,10-14H2,1-2H3;2*8-13,15H,1-7H3;4-5,8-11,14,16H,3,6-7,12-13H2,1-2H3;3-4,7-10,13,15H,5-6,11-12H2,1-2H3. The Morgan fingerprint density at radius 2 is 0.652 bits per heavy atom. The Morgan fingerprint density at radius 1 is 0.318 bits per heavy atom. The number of benzene rings is 5. The molecule has 4 bridgehead atoms. The zero-order valence-electron chi connectivity index (χ0n) is 81.2. The van der Waals surface area contributed by atoms with Gasteiger partial charge in [-0.2, -0.15) is 0 Å². The fourth-order valence-corrected chi connectivity index (χ4v) is 32.6. The summed E-state index contributed by atoms with van der Waals surface area (Å²) in [6, 6.07) is 63.1. The first kappa shape index (κ1) is 85.6. The van der Waals surface area contributed by atoms with Crippen molar-refractivity contribution < 1.29 is 13.3 Å². The summed E-state index contributed by atoms with van der Waals surface area (Å²) >= 11 is 3.92. The van der Waals surface area contributed by atoms with E-state index in [1.165, 1.54) is 216 Å². The number of hydrogen-bond acceptors (Lipinski definition) is 15. The molecule has 6 saturated carbocycles. The van der Waals surface area contributed by atoms with E-state index in [1.807, 2.05) is 65.8 Å². The van der Waals surface area contributed by atoms with E-state index in [0.717, 1.165) is 63.1 Å². The number of pyridine rings is 5. The fraction of sp³-hybridized carbons (Fsp3) is 0.444. The molecule has 7 aliphatic heterocycles. The SMILES string of the molecule is Cc1cccc2c1N1C(C)c3oc4ncccc4c3C1(C)C(C)(C)C2(C)C.Cc1cccc2c1N1C(C)c3oc4ncccc4c3C1(C)C(C)(C)C2(C)C.Cc1ccccc1N1C(C)c2oc3ncccc3c2C12C1CC3CC(C1)CC2C3.Cc1ccccc1N1C(C)c2sc3cccnc3c2C12CCCC2.Cc1ccccc1N1C(C)c2sc3cccnc3c2C12CCCCC2. The number of rotatable bonds is 3. The lowest BCUT2D eigenvalue weighted by molar-refractivity contribution is -0.0596. The van der Waals surface area contributed by atoms with Gasteiger partial charge in [-0.25, -0.2) is 15.0 Å². The van der Waals surface area contributed by atoms with Crippen molar-refractivity contribution in [2.24, 2.45) is 34.5 Å². The molecule has 7 atom stereocenters. The minimum Gasteiger partial charge on any atom is -0.440 e. The molecule has 28 rings (SSSR count). The fourth-order valence-electron chi connectivity index (χ4n) is 30.0. The van der Waals surface area contributed by atoms with E-state index in [4.69, 9.17) is 23.2 Å². The zero-order valence-corrected chi connectivity index (χ0v) is 82.8. The van der Waals surface area contributed by atoms with E-state index < -0.39 is 0 Å². The van der Waals surface area contributed by atoms with Crippen LogP contribution in [0.5, 0.6) is 0 Å². The highest BCUT2D eigenvalue weighted by Gasteiger charge is 2.70. The Balaban J connectivity index is 0.0000000937. The number of aromatic nitrogens is 5. The maximum atomic E-state index is 6.49. The summed E-state index contributed by atoms with van der Waals surface area (Å²) < 4.78 is 21.9. The van der Waals surface area contributed by atoms with Crippen LogP contribution in [0.15, 0.2) is 214 Å². The molecule has 0 amide bonds. The highest BCUT2D eigenvalue weighted by Crippen LogP contribution is 2.74. The molecule has 13 nitrogen and oxygen atoms in total. The van der Waals surface area contributed by atoms with E-state index >= 15 is 0 Å². The molecule has 3 spiro atoms. The van der Waals surface area contributed by atoms with Gasteiger partial charge in [0.15, 0.2) is 0 Å². The summed E-state index contributed by atoms with van der Waals surface area (Å²) in [5.41, 5.74) is 28.7. The Hall–Kier alpha value is -10.6. The number of anilines is 5. The van der Waals surface area contributed by atoms with Gasteiger partial charge in [-0.15, -0.1) is 22.7 Å². The van der Waals surface area contributed by atoms with Gasteiger partial charge in [-0.1, -0.05) is 178 Å². The van der Waals surface area contributed by atoms with Gasteiger partial charge >= 0.3 is 0 Å². The van der Waals surface area contributed by atoms with Crippen LogP contribution in [0, 0.1) is 69.1 Å². The Morgan fingerprint density at radius 3 is 1.05 bits per heavy atom. The molecule has 15 aromatic rings. The molecule has 15 heteroatoms. The molecule has 7 unspecified atom stereocenters. The van der Waals surface area contributed by atoms with Gasteiger partial charge in [-0.3, -0.25) is 9.97 Å². The predicted molar refractivity (Wildman–Crippen MR) is 544 cm³/mol. The van der Waals surface area contributed by atoms with Crippen LogP contribution in [0.2, 0.25) is 0 Å². The first-order chi connectivity index (χ1) is 63.4. The highest BCUT2D eigenvalue weighted by atomic mass is 32.1. The van der Waals surface area contributed by atoms with Gasteiger partial charge in [0.1, 0.15) is 17.3 Å². The molecule has 6 fully saturated rings. The van der Waals surface area contributed by atoms with E-state index in [9.17, 15) is 0 Å². The van der Waals surface area contributed by atoms with Crippen LogP contribution in [0.4, 0.5) is 28.4 Å². The summed E-state index contributed by atoms with van der Waals surface area (Å²) in [6.45, 7) is 47.0. The van der Waals surface area contributed by atoms with Crippen LogP contribution in [0.1, 0.15) is 318 Å². The quantitative estimate of drug-likeness (QED) is 0.167. The van der Waals surface area contributed by atoms with Gasteiger partial charge in [-0.05, 0) is 293 Å².